The van der Waals surface area contributed by atoms with E-state index >= 15 is 0 Å². The van der Waals surface area contributed by atoms with Crippen LogP contribution in [0.3, 0.4) is 0 Å². The molecule has 3 aromatic rings. The van der Waals surface area contributed by atoms with Gasteiger partial charge in [-0.1, -0.05) is 47.6 Å². The number of oxime groups is 1. The fourth-order valence-electron chi connectivity index (χ4n) is 4.51. The molecular formula is C29H33N3O6. The number of amidine groups is 1. The molecule has 1 fully saturated rings. The van der Waals surface area contributed by atoms with Crippen LogP contribution in [0.25, 0.3) is 10.8 Å². The minimum Gasteiger partial charge on any atom is -0.489 e. The Hall–Kier alpha value is -4.27. The molecule has 1 saturated heterocycles. The van der Waals surface area contributed by atoms with Crippen molar-refractivity contribution in [2.45, 2.75) is 51.2 Å². The van der Waals surface area contributed by atoms with Crippen LogP contribution in [0.4, 0.5) is 4.79 Å². The molecule has 4 N–H and O–H groups in total. The Balaban J connectivity index is 1.43. The van der Waals surface area contributed by atoms with Crippen molar-refractivity contribution in [2.24, 2.45) is 10.9 Å². The van der Waals surface area contributed by atoms with E-state index in [4.69, 9.17) is 20.4 Å². The molecule has 9 nitrogen and oxygen atoms in total. The number of rotatable bonds is 7. The molecule has 1 aliphatic heterocycles. The summed E-state index contributed by atoms with van der Waals surface area (Å²) in [6, 6.07) is 18.3. The summed E-state index contributed by atoms with van der Waals surface area (Å²) >= 11 is 0. The van der Waals surface area contributed by atoms with E-state index in [2.05, 4.69) is 5.16 Å². The van der Waals surface area contributed by atoms with E-state index in [-0.39, 0.29) is 18.0 Å². The van der Waals surface area contributed by atoms with Crippen molar-refractivity contribution in [2.75, 3.05) is 13.1 Å². The summed E-state index contributed by atoms with van der Waals surface area (Å²) in [5.74, 6) is -1.04. The second-order valence-corrected chi connectivity index (χ2v) is 10.5. The van der Waals surface area contributed by atoms with Gasteiger partial charge in [-0.2, -0.15) is 0 Å². The molecule has 0 unspecified atom stereocenters. The normalized spacial score (nSPS) is 16.9. The molecule has 0 bridgehead atoms. The number of ether oxygens (including phenoxy) is 2. The van der Waals surface area contributed by atoms with Gasteiger partial charge in [-0.05, 0) is 67.3 Å². The van der Waals surface area contributed by atoms with Crippen molar-refractivity contribution in [1.29, 1.82) is 0 Å². The van der Waals surface area contributed by atoms with Crippen molar-refractivity contribution in [3.05, 3.63) is 77.4 Å². The van der Waals surface area contributed by atoms with E-state index in [0.717, 1.165) is 16.3 Å². The standard InChI is InChI=1S/C29H33N3O6/c1-29(2,3)38-28(35)32-13-12-24(17-32)37-23-10-8-20(9-11-23)25(27(33)34)15-18-4-5-19-6-7-21(26(30)31-36)16-22(19)14-18/h4-11,14,16,24-25,36H,12-13,15,17H2,1-3H3,(H2,30,31)(H,33,34)/t24-,25-/m0/s1. The molecule has 4 rings (SSSR count). The highest BCUT2D eigenvalue weighted by molar-refractivity contribution is 6.00. The van der Waals surface area contributed by atoms with Gasteiger partial charge in [-0.15, -0.1) is 0 Å². The molecular weight excluding hydrogens is 486 g/mol. The van der Waals surface area contributed by atoms with Crippen LogP contribution in [0.5, 0.6) is 5.75 Å². The summed E-state index contributed by atoms with van der Waals surface area (Å²) in [6.07, 6.45) is 0.486. The quantitative estimate of drug-likeness (QED) is 0.178. The average molecular weight is 520 g/mol. The Bertz CT molecular complexity index is 1350. The fraction of sp³-hybridized carbons (Fsp3) is 0.345. The lowest BCUT2D eigenvalue weighted by molar-refractivity contribution is -0.138. The number of carboxylic acids is 1. The minimum absolute atomic E-state index is 0.0122. The number of hydrogen-bond donors (Lipinski definition) is 3. The lowest BCUT2D eigenvalue weighted by Gasteiger charge is -2.24. The Labute approximate surface area is 221 Å². The molecule has 38 heavy (non-hydrogen) atoms. The van der Waals surface area contributed by atoms with Crippen LogP contribution < -0.4 is 10.5 Å². The van der Waals surface area contributed by atoms with Crippen LogP contribution in [0.2, 0.25) is 0 Å². The third-order valence-corrected chi connectivity index (χ3v) is 6.43. The summed E-state index contributed by atoms with van der Waals surface area (Å²) in [6.45, 7) is 6.50. The van der Waals surface area contributed by atoms with E-state index < -0.39 is 17.5 Å². The number of carbonyl (C=O) groups excluding carboxylic acids is 1. The van der Waals surface area contributed by atoms with Crippen LogP contribution in [0, 0.1) is 0 Å². The third-order valence-electron chi connectivity index (χ3n) is 6.43. The molecule has 0 aromatic heterocycles. The maximum absolute atomic E-state index is 12.3. The predicted molar refractivity (Wildman–Crippen MR) is 144 cm³/mol. The first kappa shape index (κ1) is 26.8. The minimum atomic E-state index is -0.923. The number of carboxylic acid groups (broad SMARTS) is 1. The van der Waals surface area contributed by atoms with Gasteiger partial charge in [-0.25, -0.2) is 4.79 Å². The number of fused-ring (bicyclic) bond motifs is 1. The number of carbonyl (C=O) groups is 2. The van der Waals surface area contributed by atoms with Crippen molar-refractivity contribution in [1.82, 2.24) is 4.90 Å². The number of likely N-dealkylation sites (tertiary alicyclic amines) is 1. The third kappa shape index (κ3) is 6.53. The zero-order valence-corrected chi connectivity index (χ0v) is 21.8. The molecule has 1 amide bonds. The number of benzene rings is 3. The number of nitrogens with two attached hydrogens (primary N) is 1. The van der Waals surface area contributed by atoms with Gasteiger partial charge < -0.3 is 30.4 Å². The summed E-state index contributed by atoms with van der Waals surface area (Å²) in [5.41, 5.74) is 7.27. The van der Waals surface area contributed by atoms with Crippen LogP contribution in [-0.4, -0.2) is 57.9 Å². The van der Waals surface area contributed by atoms with Gasteiger partial charge in [0.25, 0.3) is 0 Å². The van der Waals surface area contributed by atoms with Gasteiger partial charge in [-0.3, -0.25) is 4.79 Å². The maximum atomic E-state index is 12.3. The smallest absolute Gasteiger partial charge is 0.410 e. The van der Waals surface area contributed by atoms with E-state index in [1.54, 1.807) is 35.2 Å². The SMILES string of the molecule is CC(C)(C)OC(=O)N1CC[C@H](Oc2ccc([C@H](Cc3ccc4ccc(C(N)=NO)cc4c3)C(=O)O)cc2)C1. The molecule has 3 aromatic carbocycles. The molecule has 0 spiro atoms. The Morgan fingerprint density at radius 1 is 1.08 bits per heavy atom. The van der Waals surface area contributed by atoms with E-state index in [0.29, 0.717) is 42.8 Å². The van der Waals surface area contributed by atoms with Crippen molar-refractivity contribution in [3.8, 4) is 5.75 Å². The first-order valence-electron chi connectivity index (χ1n) is 12.5. The maximum Gasteiger partial charge on any atom is 0.410 e. The number of hydrogen-bond acceptors (Lipinski definition) is 6. The molecule has 2 atom stereocenters. The van der Waals surface area contributed by atoms with Gasteiger partial charge in [0.1, 0.15) is 17.5 Å². The number of amides is 1. The zero-order chi connectivity index (χ0) is 27.4. The lowest BCUT2D eigenvalue weighted by Crippen LogP contribution is -2.36. The molecule has 200 valence electrons. The largest absolute Gasteiger partial charge is 0.489 e. The van der Waals surface area contributed by atoms with Crippen molar-refractivity contribution >= 4 is 28.7 Å². The summed E-state index contributed by atoms with van der Waals surface area (Å²) in [7, 11) is 0. The van der Waals surface area contributed by atoms with Crippen molar-refractivity contribution < 1.29 is 29.4 Å². The summed E-state index contributed by atoms with van der Waals surface area (Å²) < 4.78 is 11.5. The molecule has 1 heterocycles. The van der Waals surface area contributed by atoms with Gasteiger partial charge in [0.05, 0.1) is 12.5 Å². The molecule has 1 aliphatic rings. The lowest BCUT2D eigenvalue weighted by atomic mass is 9.91. The fourth-order valence-corrected chi connectivity index (χ4v) is 4.51. The van der Waals surface area contributed by atoms with E-state index in [1.807, 2.05) is 51.1 Å². The number of aliphatic carboxylic acids is 1. The van der Waals surface area contributed by atoms with E-state index in [1.165, 1.54) is 0 Å². The first-order chi connectivity index (χ1) is 18.0. The van der Waals surface area contributed by atoms with Gasteiger partial charge in [0.15, 0.2) is 5.84 Å². The van der Waals surface area contributed by atoms with Gasteiger partial charge >= 0.3 is 12.1 Å². The Morgan fingerprint density at radius 3 is 2.45 bits per heavy atom. The topological polar surface area (TPSA) is 135 Å². The van der Waals surface area contributed by atoms with E-state index in [9.17, 15) is 14.7 Å². The van der Waals surface area contributed by atoms with Gasteiger partial charge in [0.2, 0.25) is 0 Å². The summed E-state index contributed by atoms with van der Waals surface area (Å²) in [4.78, 5) is 26.1. The Morgan fingerprint density at radius 2 is 1.79 bits per heavy atom. The summed E-state index contributed by atoms with van der Waals surface area (Å²) in [5, 5.41) is 23.8. The van der Waals surface area contributed by atoms with Crippen LogP contribution >= 0.6 is 0 Å². The van der Waals surface area contributed by atoms with Crippen LogP contribution in [0.15, 0.2) is 65.8 Å². The molecule has 9 heteroatoms. The first-order valence-corrected chi connectivity index (χ1v) is 12.5. The molecule has 0 saturated carbocycles. The predicted octanol–water partition coefficient (Wildman–Crippen LogP) is 4.73. The second kappa shape index (κ2) is 11.0. The average Bonchev–Trinajstić information content (AvgIpc) is 3.34. The molecule has 0 aliphatic carbocycles. The molecule has 0 radical (unpaired) electrons. The Kier molecular flexibility index (Phi) is 7.75. The van der Waals surface area contributed by atoms with Gasteiger partial charge in [0, 0.05) is 18.5 Å². The monoisotopic (exact) mass is 519 g/mol. The number of nitrogens with zero attached hydrogens (tertiary/aromatic N) is 2. The highest BCUT2D eigenvalue weighted by atomic mass is 16.6. The van der Waals surface area contributed by atoms with Crippen LogP contribution in [0.1, 0.15) is 49.8 Å². The second-order valence-electron chi connectivity index (χ2n) is 10.5. The van der Waals surface area contributed by atoms with Crippen molar-refractivity contribution in [3.63, 3.8) is 0 Å². The highest BCUT2D eigenvalue weighted by Crippen LogP contribution is 2.27. The highest BCUT2D eigenvalue weighted by Gasteiger charge is 2.31. The van der Waals surface area contributed by atoms with Crippen LogP contribution in [-0.2, 0) is 16.0 Å². The zero-order valence-electron chi connectivity index (χ0n) is 21.8.